The predicted molar refractivity (Wildman–Crippen MR) is 179 cm³/mol. The molecule has 1 atom stereocenters. The molecule has 49 heavy (non-hydrogen) atoms. The fraction of sp³-hybridized carbons (Fsp3) is 0.314. The lowest BCUT2D eigenvalue weighted by atomic mass is 10.0. The number of amides is 3. The van der Waals surface area contributed by atoms with Crippen LogP contribution in [0, 0.1) is 11.6 Å². The summed E-state index contributed by atoms with van der Waals surface area (Å²) in [5.41, 5.74) is 4.36. The average molecular weight is 665 g/mol. The van der Waals surface area contributed by atoms with Gasteiger partial charge in [0.15, 0.2) is 5.65 Å². The number of hydrogen-bond donors (Lipinski definition) is 1. The number of imide groups is 1. The fourth-order valence-electron chi connectivity index (χ4n) is 7.05. The van der Waals surface area contributed by atoms with Crippen molar-refractivity contribution in [2.24, 2.45) is 0 Å². The van der Waals surface area contributed by atoms with E-state index >= 15 is 0 Å². The van der Waals surface area contributed by atoms with E-state index in [1.807, 2.05) is 36.5 Å². The topological polar surface area (TPSA) is 115 Å². The van der Waals surface area contributed by atoms with Gasteiger partial charge in [-0.25, -0.2) is 28.1 Å². The van der Waals surface area contributed by atoms with Crippen molar-refractivity contribution < 1.29 is 18.4 Å². The number of hydrogen-bond acceptors (Lipinski definition) is 9. The van der Waals surface area contributed by atoms with E-state index in [2.05, 4.69) is 30.1 Å². The Hall–Kier alpha value is -5.50. The normalized spacial score (nSPS) is 18.8. The third-order valence-electron chi connectivity index (χ3n) is 9.56. The SMILES string of the molecule is O=C1CCN(c2cnccc2CN2CCN(c3cccc(-c4cnn5ccc(N6CCC[C@@H]6c6ccc(F)cc6F)nc45)n3)CC2)C(=O)N1. The van der Waals surface area contributed by atoms with Gasteiger partial charge in [-0.2, -0.15) is 5.10 Å². The first-order chi connectivity index (χ1) is 23.9. The summed E-state index contributed by atoms with van der Waals surface area (Å²) in [6.07, 6.45) is 8.91. The minimum Gasteiger partial charge on any atom is -0.354 e. The molecule has 3 fully saturated rings. The van der Waals surface area contributed by atoms with E-state index in [0.717, 1.165) is 73.4 Å². The highest BCUT2D eigenvalue weighted by Gasteiger charge is 2.30. The minimum absolute atomic E-state index is 0.234. The summed E-state index contributed by atoms with van der Waals surface area (Å²) in [5, 5.41) is 6.92. The van der Waals surface area contributed by atoms with Gasteiger partial charge in [0, 0.05) is 76.3 Å². The molecule has 3 aliphatic rings. The van der Waals surface area contributed by atoms with Crippen LogP contribution in [-0.2, 0) is 11.3 Å². The highest BCUT2D eigenvalue weighted by molar-refractivity contribution is 6.05. The second kappa shape index (κ2) is 12.8. The van der Waals surface area contributed by atoms with Gasteiger partial charge in [0.05, 0.1) is 35.4 Å². The van der Waals surface area contributed by atoms with Crippen LogP contribution in [0.5, 0.6) is 0 Å². The molecule has 0 saturated carbocycles. The van der Waals surface area contributed by atoms with Crippen molar-refractivity contribution in [2.75, 3.05) is 54.0 Å². The number of anilines is 3. The molecule has 8 rings (SSSR count). The van der Waals surface area contributed by atoms with Crippen molar-refractivity contribution >= 4 is 34.9 Å². The van der Waals surface area contributed by atoms with Crippen LogP contribution in [0.3, 0.4) is 0 Å². The number of carbonyl (C=O) groups excluding carboxylic acids is 2. The van der Waals surface area contributed by atoms with Crippen molar-refractivity contribution in [1.82, 2.24) is 34.8 Å². The summed E-state index contributed by atoms with van der Waals surface area (Å²) in [6, 6.07) is 12.9. The number of rotatable bonds is 7. The van der Waals surface area contributed by atoms with Gasteiger partial charge in [-0.05, 0) is 48.7 Å². The molecule has 12 nitrogen and oxygen atoms in total. The lowest BCUT2D eigenvalue weighted by molar-refractivity contribution is -0.120. The minimum atomic E-state index is -0.588. The highest BCUT2D eigenvalue weighted by atomic mass is 19.1. The Morgan fingerprint density at radius 2 is 1.78 bits per heavy atom. The predicted octanol–water partition coefficient (Wildman–Crippen LogP) is 4.57. The van der Waals surface area contributed by atoms with Crippen molar-refractivity contribution in [3.63, 3.8) is 0 Å². The van der Waals surface area contributed by atoms with Crippen LogP contribution in [0.25, 0.3) is 16.9 Å². The maximum atomic E-state index is 14.8. The first-order valence-corrected chi connectivity index (χ1v) is 16.5. The molecule has 1 N–H and O–H groups in total. The lowest BCUT2D eigenvalue weighted by Crippen LogP contribution is -2.50. The Balaban J connectivity index is 0.976. The van der Waals surface area contributed by atoms with Crippen LogP contribution in [-0.4, -0.2) is 80.7 Å². The molecule has 1 aromatic carbocycles. The number of fused-ring (bicyclic) bond motifs is 1. The molecular weight excluding hydrogens is 630 g/mol. The molecule has 5 aromatic rings. The third-order valence-corrected chi connectivity index (χ3v) is 9.56. The van der Waals surface area contributed by atoms with Gasteiger partial charge < -0.3 is 9.80 Å². The number of urea groups is 1. The summed E-state index contributed by atoms with van der Waals surface area (Å²) < 4.78 is 30.1. The molecule has 14 heteroatoms. The van der Waals surface area contributed by atoms with Crippen LogP contribution < -0.4 is 20.0 Å². The number of halogens is 2. The largest absolute Gasteiger partial charge is 0.354 e. The summed E-state index contributed by atoms with van der Waals surface area (Å²) in [5.74, 6) is 0.171. The number of carbonyl (C=O) groups is 2. The smallest absolute Gasteiger partial charge is 0.328 e. The van der Waals surface area contributed by atoms with Crippen LogP contribution in [0.15, 0.2) is 73.3 Å². The maximum absolute atomic E-state index is 14.8. The molecular formula is C35H34F2N10O2. The Morgan fingerprint density at radius 1 is 0.898 bits per heavy atom. The third kappa shape index (κ3) is 6.03. The number of aromatic nitrogens is 5. The van der Waals surface area contributed by atoms with Gasteiger partial charge in [0.25, 0.3) is 0 Å². The number of benzene rings is 1. The summed E-state index contributed by atoms with van der Waals surface area (Å²) in [7, 11) is 0. The first-order valence-electron chi connectivity index (χ1n) is 16.5. The van der Waals surface area contributed by atoms with E-state index in [9.17, 15) is 18.4 Å². The van der Waals surface area contributed by atoms with Gasteiger partial charge in [0.1, 0.15) is 23.3 Å². The highest BCUT2D eigenvalue weighted by Crippen LogP contribution is 2.37. The van der Waals surface area contributed by atoms with Crippen LogP contribution >= 0.6 is 0 Å². The van der Waals surface area contributed by atoms with E-state index in [0.29, 0.717) is 36.7 Å². The van der Waals surface area contributed by atoms with Gasteiger partial charge in [-0.1, -0.05) is 12.1 Å². The summed E-state index contributed by atoms with van der Waals surface area (Å²) >= 11 is 0. The zero-order valence-electron chi connectivity index (χ0n) is 26.7. The average Bonchev–Trinajstić information content (AvgIpc) is 3.77. The molecule has 0 bridgehead atoms. The zero-order chi connectivity index (χ0) is 33.5. The first kappa shape index (κ1) is 30.8. The summed E-state index contributed by atoms with van der Waals surface area (Å²) in [4.78, 5) is 46.7. The molecule has 0 spiro atoms. The molecule has 4 aromatic heterocycles. The molecule has 3 saturated heterocycles. The van der Waals surface area contributed by atoms with E-state index in [-0.39, 0.29) is 18.4 Å². The molecule has 7 heterocycles. The number of nitrogens with zero attached hydrogens (tertiary/aromatic N) is 9. The standard InChI is InChI=1S/C35H34F2N10O2/c36-24-6-7-25(27(37)19-24)29-4-2-12-45(29)32-9-14-47-34(41-32)26(20-39-47)28-3-1-5-31(40-28)44-17-15-43(16-18-44)22-23-8-11-38-21-30(23)46-13-10-33(48)42-35(46)49/h1,3,5-9,11,14,19-21,29H,2,4,10,12-13,15-18,22H2,(H,42,48,49)/t29-/m1/s1. The summed E-state index contributed by atoms with van der Waals surface area (Å²) in [6.45, 7) is 4.82. The van der Waals surface area contributed by atoms with Crippen LogP contribution in [0.1, 0.15) is 36.4 Å². The van der Waals surface area contributed by atoms with Crippen molar-refractivity contribution in [3.8, 4) is 11.3 Å². The second-order valence-electron chi connectivity index (χ2n) is 12.5. The van der Waals surface area contributed by atoms with Gasteiger partial charge in [-0.3, -0.25) is 24.9 Å². The second-order valence-corrected chi connectivity index (χ2v) is 12.5. The van der Waals surface area contributed by atoms with Gasteiger partial charge in [-0.15, -0.1) is 0 Å². The quantitative estimate of drug-likeness (QED) is 0.267. The number of piperazine rings is 1. The molecule has 0 unspecified atom stereocenters. The van der Waals surface area contributed by atoms with E-state index in [1.165, 1.54) is 12.1 Å². The van der Waals surface area contributed by atoms with Crippen LogP contribution in [0.2, 0.25) is 0 Å². The van der Waals surface area contributed by atoms with Crippen molar-refractivity contribution in [1.29, 1.82) is 0 Å². The van der Waals surface area contributed by atoms with E-state index in [1.54, 1.807) is 28.0 Å². The number of pyridine rings is 2. The van der Waals surface area contributed by atoms with Gasteiger partial charge in [0.2, 0.25) is 5.91 Å². The van der Waals surface area contributed by atoms with Gasteiger partial charge >= 0.3 is 6.03 Å². The maximum Gasteiger partial charge on any atom is 0.328 e. The molecule has 3 amide bonds. The molecule has 3 aliphatic heterocycles. The molecule has 250 valence electrons. The molecule has 0 aliphatic carbocycles. The van der Waals surface area contributed by atoms with Crippen LogP contribution in [0.4, 0.5) is 30.9 Å². The molecule has 0 radical (unpaired) electrons. The number of nitrogens with one attached hydrogen (secondary N) is 1. The van der Waals surface area contributed by atoms with Crippen molar-refractivity contribution in [3.05, 3.63) is 96.1 Å². The Morgan fingerprint density at radius 3 is 2.61 bits per heavy atom. The Kier molecular flexibility index (Phi) is 8.07. The van der Waals surface area contributed by atoms with E-state index in [4.69, 9.17) is 9.97 Å². The fourth-order valence-corrected chi connectivity index (χ4v) is 7.05. The van der Waals surface area contributed by atoms with Crippen molar-refractivity contribution in [2.45, 2.75) is 31.8 Å². The Bertz CT molecular complexity index is 2050. The monoisotopic (exact) mass is 664 g/mol. The Labute approximate surface area is 281 Å². The van der Waals surface area contributed by atoms with E-state index < -0.39 is 17.7 Å². The zero-order valence-corrected chi connectivity index (χ0v) is 26.7. The lowest BCUT2D eigenvalue weighted by Gasteiger charge is -2.36.